The van der Waals surface area contributed by atoms with E-state index in [0.717, 1.165) is 38.5 Å². The highest BCUT2D eigenvalue weighted by Crippen LogP contribution is 2.27. The fourth-order valence-electron chi connectivity index (χ4n) is 3.12. The molecule has 2 rings (SSSR count). The van der Waals surface area contributed by atoms with Gasteiger partial charge in [-0.2, -0.15) is 0 Å². The summed E-state index contributed by atoms with van der Waals surface area (Å²) in [5.74, 6) is 1.29. The lowest BCUT2D eigenvalue weighted by Crippen LogP contribution is -2.49. The molecule has 24 heavy (non-hydrogen) atoms. The molecule has 1 aliphatic rings. The summed E-state index contributed by atoms with van der Waals surface area (Å²) in [5.41, 5.74) is 2.36. The van der Waals surface area contributed by atoms with Crippen LogP contribution in [-0.4, -0.2) is 78.6 Å². The van der Waals surface area contributed by atoms with Crippen molar-refractivity contribution >= 4 is 0 Å². The molecule has 0 saturated carbocycles. The van der Waals surface area contributed by atoms with Gasteiger partial charge in [-0.1, -0.05) is 26.0 Å². The third-order valence-corrected chi connectivity index (χ3v) is 4.57. The van der Waals surface area contributed by atoms with E-state index in [0.29, 0.717) is 19.1 Å². The van der Waals surface area contributed by atoms with Crippen molar-refractivity contribution in [3.63, 3.8) is 0 Å². The van der Waals surface area contributed by atoms with Crippen molar-refractivity contribution in [2.24, 2.45) is 0 Å². The van der Waals surface area contributed by atoms with E-state index in [1.165, 1.54) is 11.1 Å². The van der Waals surface area contributed by atoms with Crippen molar-refractivity contribution in [3.8, 4) is 5.75 Å². The van der Waals surface area contributed by atoms with Crippen LogP contribution < -0.4 is 4.74 Å². The monoisotopic (exact) mass is 336 g/mol. The Morgan fingerprint density at radius 1 is 1.12 bits per heavy atom. The molecule has 1 aromatic carbocycles. The molecule has 1 aromatic rings. The van der Waals surface area contributed by atoms with Gasteiger partial charge in [0.2, 0.25) is 0 Å². The van der Waals surface area contributed by atoms with Crippen LogP contribution >= 0.6 is 0 Å². The van der Waals surface area contributed by atoms with E-state index < -0.39 is 6.10 Å². The zero-order chi connectivity index (χ0) is 17.5. The van der Waals surface area contributed by atoms with Crippen molar-refractivity contribution < 1.29 is 14.9 Å². The van der Waals surface area contributed by atoms with Gasteiger partial charge in [0.1, 0.15) is 18.5 Å². The molecule has 1 saturated heterocycles. The summed E-state index contributed by atoms with van der Waals surface area (Å²) in [4.78, 5) is 4.52. The van der Waals surface area contributed by atoms with Crippen LogP contribution in [0.15, 0.2) is 18.2 Å². The summed E-state index contributed by atoms with van der Waals surface area (Å²) >= 11 is 0. The lowest BCUT2D eigenvalue weighted by atomic mass is 10.0. The molecule has 0 radical (unpaired) electrons. The maximum absolute atomic E-state index is 10.3. The van der Waals surface area contributed by atoms with Crippen LogP contribution in [0.3, 0.4) is 0 Å². The van der Waals surface area contributed by atoms with E-state index in [4.69, 9.17) is 9.84 Å². The summed E-state index contributed by atoms with van der Waals surface area (Å²) in [5, 5.41) is 19.3. The molecule has 0 bridgehead atoms. The number of hydrogen-bond acceptors (Lipinski definition) is 5. The lowest BCUT2D eigenvalue weighted by molar-refractivity contribution is 0.0426. The van der Waals surface area contributed by atoms with E-state index in [1.54, 1.807) is 0 Å². The molecule has 2 N–H and O–H groups in total. The van der Waals surface area contributed by atoms with Gasteiger partial charge >= 0.3 is 0 Å². The first-order chi connectivity index (χ1) is 11.5. The molecule has 0 aromatic heterocycles. The van der Waals surface area contributed by atoms with E-state index in [9.17, 15) is 5.11 Å². The smallest absolute Gasteiger partial charge is 0.123 e. The lowest BCUT2D eigenvalue weighted by Gasteiger charge is -2.35. The number of aliphatic hydroxyl groups excluding tert-OH is 2. The Labute approximate surface area is 145 Å². The molecule has 1 atom stereocenters. The summed E-state index contributed by atoms with van der Waals surface area (Å²) in [6.07, 6.45) is -0.491. The quantitative estimate of drug-likeness (QED) is 0.753. The van der Waals surface area contributed by atoms with Crippen LogP contribution in [0.1, 0.15) is 30.9 Å². The number of rotatable bonds is 8. The van der Waals surface area contributed by atoms with Gasteiger partial charge in [-0.25, -0.2) is 0 Å². The van der Waals surface area contributed by atoms with Crippen LogP contribution in [0.5, 0.6) is 5.75 Å². The van der Waals surface area contributed by atoms with Gasteiger partial charge in [0, 0.05) is 39.3 Å². The molecular formula is C19H32N2O3. The SMILES string of the molecule is Cc1ccc(C(C)C)c(OC[C@H](O)CN2CCN(CCO)CC2)c1. The predicted molar refractivity (Wildman–Crippen MR) is 96.7 cm³/mol. The first-order valence-electron chi connectivity index (χ1n) is 8.96. The van der Waals surface area contributed by atoms with Gasteiger partial charge in [0.25, 0.3) is 0 Å². The van der Waals surface area contributed by atoms with Gasteiger partial charge in [-0.3, -0.25) is 9.80 Å². The fraction of sp³-hybridized carbons (Fsp3) is 0.684. The Morgan fingerprint density at radius 2 is 1.79 bits per heavy atom. The average Bonchev–Trinajstić information content (AvgIpc) is 2.55. The molecule has 136 valence electrons. The minimum atomic E-state index is -0.491. The third kappa shape index (κ3) is 5.74. The van der Waals surface area contributed by atoms with Crippen molar-refractivity contribution in [1.82, 2.24) is 9.80 Å². The maximum atomic E-state index is 10.3. The zero-order valence-corrected chi connectivity index (χ0v) is 15.2. The van der Waals surface area contributed by atoms with Gasteiger partial charge in [-0.15, -0.1) is 0 Å². The number of benzene rings is 1. The number of β-amino-alcohol motifs (C(OH)–C–C–N with tert-alkyl or cyclic N) is 2. The molecule has 0 unspecified atom stereocenters. The van der Waals surface area contributed by atoms with E-state index in [1.807, 2.05) is 0 Å². The van der Waals surface area contributed by atoms with E-state index >= 15 is 0 Å². The zero-order valence-electron chi connectivity index (χ0n) is 15.2. The summed E-state index contributed by atoms with van der Waals surface area (Å²) in [7, 11) is 0. The van der Waals surface area contributed by atoms with E-state index in [2.05, 4.69) is 48.8 Å². The second kappa shape index (κ2) is 9.37. The van der Waals surface area contributed by atoms with Gasteiger partial charge in [-0.05, 0) is 30.0 Å². The van der Waals surface area contributed by atoms with Gasteiger partial charge in [0.15, 0.2) is 0 Å². The molecule has 1 heterocycles. The molecule has 1 aliphatic heterocycles. The summed E-state index contributed by atoms with van der Waals surface area (Å²) < 4.78 is 5.92. The van der Waals surface area contributed by atoms with Crippen molar-refractivity contribution in [2.45, 2.75) is 32.8 Å². The summed E-state index contributed by atoms with van der Waals surface area (Å²) in [6, 6.07) is 6.27. The molecule has 5 heteroatoms. The second-order valence-corrected chi connectivity index (χ2v) is 7.03. The maximum Gasteiger partial charge on any atom is 0.123 e. The Bertz CT molecular complexity index is 499. The Hall–Kier alpha value is -1.14. The highest BCUT2D eigenvalue weighted by atomic mass is 16.5. The Morgan fingerprint density at radius 3 is 2.42 bits per heavy atom. The number of piperazine rings is 1. The minimum Gasteiger partial charge on any atom is -0.491 e. The number of aliphatic hydroxyl groups is 2. The van der Waals surface area contributed by atoms with Crippen LogP contribution in [0.25, 0.3) is 0 Å². The fourth-order valence-corrected chi connectivity index (χ4v) is 3.12. The van der Waals surface area contributed by atoms with Crippen molar-refractivity contribution in [3.05, 3.63) is 29.3 Å². The molecule has 5 nitrogen and oxygen atoms in total. The number of nitrogens with zero attached hydrogens (tertiary/aromatic N) is 2. The number of aryl methyl sites for hydroxylation is 1. The normalized spacial score (nSPS) is 18.1. The second-order valence-electron chi connectivity index (χ2n) is 7.03. The predicted octanol–water partition coefficient (Wildman–Crippen LogP) is 1.47. The molecule has 0 aliphatic carbocycles. The number of hydrogen-bond donors (Lipinski definition) is 2. The standard InChI is InChI=1S/C19H32N2O3/c1-15(2)18-5-4-16(3)12-19(18)24-14-17(23)13-21-8-6-20(7-9-21)10-11-22/h4-5,12,15,17,22-23H,6-11,13-14H2,1-3H3/t17-/m1/s1. The van der Waals surface area contributed by atoms with Gasteiger partial charge < -0.3 is 14.9 Å². The van der Waals surface area contributed by atoms with Crippen molar-refractivity contribution in [1.29, 1.82) is 0 Å². The summed E-state index contributed by atoms with van der Waals surface area (Å²) in [6.45, 7) is 12.0. The molecule has 0 spiro atoms. The number of ether oxygens (including phenoxy) is 1. The van der Waals surface area contributed by atoms with Crippen LogP contribution in [-0.2, 0) is 0 Å². The third-order valence-electron chi connectivity index (χ3n) is 4.57. The topological polar surface area (TPSA) is 56.2 Å². The largest absolute Gasteiger partial charge is 0.491 e. The Kier molecular flexibility index (Phi) is 7.49. The first-order valence-corrected chi connectivity index (χ1v) is 8.96. The molecule has 1 fully saturated rings. The molecular weight excluding hydrogens is 304 g/mol. The van der Waals surface area contributed by atoms with Gasteiger partial charge in [0.05, 0.1) is 6.61 Å². The van der Waals surface area contributed by atoms with Crippen molar-refractivity contribution in [2.75, 3.05) is 52.5 Å². The van der Waals surface area contributed by atoms with Crippen LogP contribution in [0, 0.1) is 6.92 Å². The van der Waals surface area contributed by atoms with Crippen LogP contribution in [0.4, 0.5) is 0 Å². The van der Waals surface area contributed by atoms with E-state index in [-0.39, 0.29) is 6.61 Å². The average molecular weight is 336 g/mol. The first kappa shape index (κ1) is 19.2. The highest BCUT2D eigenvalue weighted by molar-refractivity contribution is 5.39. The Balaban J connectivity index is 1.80. The minimum absolute atomic E-state index is 0.213. The molecule has 0 amide bonds. The van der Waals surface area contributed by atoms with Crippen LogP contribution in [0.2, 0.25) is 0 Å². The highest BCUT2D eigenvalue weighted by Gasteiger charge is 2.19.